The summed E-state index contributed by atoms with van der Waals surface area (Å²) in [6.45, 7) is 7.79. The van der Waals surface area contributed by atoms with E-state index in [1.165, 1.54) is 23.6 Å². The number of carboxylic acid groups (broad SMARTS) is 1. The molecule has 4 rings (SSSR count). The number of rotatable bonds is 8. The van der Waals surface area contributed by atoms with Gasteiger partial charge in [0.1, 0.15) is 11.5 Å². The van der Waals surface area contributed by atoms with E-state index in [9.17, 15) is 24.3 Å². The van der Waals surface area contributed by atoms with Crippen LogP contribution in [0.15, 0.2) is 10.6 Å². The van der Waals surface area contributed by atoms with Crippen molar-refractivity contribution in [3.8, 4) is 0 Å². The van der Waals surface area contributed by atoms with Gasteiger partial charge in [0.2, 0.25) is 11.8 Å². The number of Topliss-reactive ketones (excluding diaryl/α,β-unsaturated/α-hetero) is 1. The standard InChI is InChI=1S/C23H34N4O6S/c1-11(6-12(2)28)17-18-13(3)20(19(23(31)32)27(18)22(17)30)34-15-7-16(25-9-15)21(29)26-4-5-33-14(8-24)10-26/h11,13-18,25H,4-10,24H2,1-3H3,(H,31,32)/t11-,13+,14?,15?,16?,17+,18-/m0/s1. The van der Waals surface area contributed by atoms with Crippen molar-refractivity contribution in [2.24, 2.45) is 23.5 Å². The number of ether oxygens (including phenoxy) is 1. The zero-order valence-corrected chi connectivity index (χ0v) is 20.7. The van der Waals surface area contributed by atoms with Crippen LogP contribution >= 0.6 is 11.8 Å². The van der Waals surface area contributed by atoms with Gasteiger partial charge in [0.25, 0.3) is 0 Å². The van der Waals surface area contributed by atoms with E-state index in [0.717, 1.165) is 0 Å². The molecule has 0 aromatic rings. The fourth-order valence-electron chi connectivity index (χ4n) is 5.79. The summed E-state index contributed by atoms with van der Waals surface area (Å²) in [7, 11) is 0. The fraction of sp³-hybridized carbons (Fsp3) is 0.739. The van der Waals surface area contributed by atoms with E-state index in [2.05, 4.69) is 5.32 Å². The minimum atomic E-state index is -1.11. The molecule has 4 heterocycles. The van der Waals surface area contributed by atoms with Crippen LogP contribution in [0.5, 0.6) is 0 Å². The number of morpholine rings is 1. The maximum absolute atomic E-state index is 13.0. The largest absolute Gasteiger partial charge is 0.477 e. The van der Waals surface area contributed by atoms with E-state index in [4.69, 9.17) is 10.5 Å². The maximum Gasteiger partial charge on any atom is 0.353 e. The molecule has 0 spiro atoms. The molecule has 188 valence electrons. The average Bonchev–Trinajstić information content (AvgIpc) is 3.35. The van der Waals surface area contributed by atoms with E-state index in [1.54, 1.807) is 4.90 Å². The van der Waals surface area contributed by atoms with Gasteiger partial charge in [0.15, 0.2) is 0 Å². The van der Waals surface area contributed by atoms with Crippen molar-refractivity contribution in [2.75, 3.05) is 32.8 Å². The molecular formula is C23H34N4O6S. The molecule has 0 radical (unpaired) electrons. The molecule has 0 aromatic heterocycles. The Labute approximate surface area is 203 Å². The van der Waals surface area contributed by atoms with Gasteiger partial charge in [-0.1, -0.05) is 13.8 Å². The van der Waals surface area contributed by atoms with Crippen LogP contribution in [0.2, 0.25) is 0 Å². The Morgan fingerprint density at radius 3 is 2.74 bits per heavy atom. The predicted molar refractivity (Wildman–Crippen MR) is 126 cm³/mol. The number of thioether (sulfide) groups is 1. The number of β-lactam (4-membered cyclic amide) rings is 1. The molecule has 4 aliphatic rings. The van der Waals surface area contributed by atoms with Crippen molar-refractivity contribution in [3.63, 3.8) is 0 Å². The molecule has 0 saturated carbocycles. The van der Waals surface area contributed by atoms with Gasteiger partial charge in [-0.25, -0.2) is 4.79 Å². The van der Waals surface area contributed by atoms with Crippen molar-refractivity contribution in [3.05, 3.63) is 10.6 Å². The highest BCUT2D eigenvalue weighted by Gasteiger charge is 2.60. The molecule has 0 aliphatic carbocycles. The van der Waals surface area contributed by atoms with Gasteiger partial charge in [-0.05, 0) is 19.3 Å². The van der Waals surface area contributed by atoms with Crippen molar-refractivity contribution >= 4 is 35.3 Å². The van der Waals surface area contributed by atoms with Gasteiger partial charge in [-0.2, -0.15) is 0 Å². The van der Waals surface area contributed by atoms with Crippen molar-refractivity contribution < 1.29 is 29.0 Å². The first kappa shape index (κ1) is 25.2. The third kappa shape index (κ3) is 4.50. The average molecular weight is 495 g/mol. The van der Waals surface area contributed by atoms with Crippen molar-refractivity contribution in [1.82, 2.24) is 15.1 Å². The van der Waals surface area contributed by atoms with Crippen LogP contribution in [0.1, 0.15) is 33.6 Å². The van der Waals surface area contributed by atoms with E-state index in [1.807, 2.05) is 13.8 Å². The lowest BCUT2D eigenvalue weighted by molar-refractivity contribution is -0.160. The van der Waals surface area contributed by atoms with Crippen molar-refractivity contribution in [2.45, 2.75) is 57.1 Å². The summed E-state index contributed by atoms with van der Waals surface area (Å²) in [4.78, 5) is 53.6. The van der Waals surface area contributed by atoms with E-state index in [0.29, 0.717) is 50.5 Å². The quantitative estimate of drug-likeness (QED) is 0.398. The second kappa shape index (κ2) is 9.96. The summed E-state index contributed by atoms with van der Waals surface area (Å²) in [5.74, 6) is -1.88. The lowest BCUT2D eigenvalue weighted by Gasteiger charge is -2.47. The van der Waals surface area contributed by atoms with Gasteiger partial charge in [-0.3, -0.25) is 9.59 Å². The summed E-state index contributed by atoms with van der Waals surface area (Å²) in [6.07, 6.45) is 0.744. The van der Waals surface area contributed by atoms with Crippen molar-refractivity contribution in [1.29, 1.82) is 0 Å². The first-order chi connectivity index (χ1) is 16.1. The van der Waals surface area contributed by atoms with Crippen LogP contribution in [0.3, 0.4) is 0 Å². The predicted octanol–water partition coefficient (Wildman–Crippen LogP) is 0.0243. The van der Waals surface area contributed by atoms with Crippen LogP contribution in [-0.2, 0) is 23.9 Å². The number of nitrogens with zero attached hydrogens (tertiary/aromatic N) is 2. The minimum Gasteiger partial charge on any atom is -0.477 e. The second-order valence-corrected chi connectivity index (χ2v) is 11.2. The van der Waals surface area contributed by atoms with E-state index in [-0.39, 0.29) is 64.5 Å². The number of amides is 2. The number of ketones is 1. The van der Waals surface area contributed by atoms with Gasteiger partial charge in [0.05, 0.1) is 30.7 Å². The third-order valence-corrected chi connectivity index (χ3v) is 8.92. The molecule has 4 N–H and O–H groups in total. The number of hydrogen-bond acceptors (Lipinski definition) is 8. The highest BCUT2D eigenvalue weighted by Crippen LogP contribution is 2.53. The maximum atomic E-state index is 13.0. The number of hydrogen-bond donors (Lipinski definition) is 3. The molecule has 4 aliphatic heterocycles. The summed E-state index contributed by atoms with van der Waals surface area (Å²) in [6, 6.07) is -0.564. The Hall–Kier alpha value is -1.95. The molecule has 3 fully saturated rings. The summed E-state index contributed by atoms with van der Waals surface area (Å²) < 4.78 is 5.55. The first-order valence-corrected chi connectivity index (χ1v) is 12.8. The van der Waals surface area contributed by atoms with Crippen LogP contribution in [0.25, 0.3) is 0 Å². The minimum absolute atomic E-state index is 0.0221. The monoisotopic (exact) mass is 494 g/mol. The molecule has 0 bridgehead atoms. The highest BCUT2D eigenvalue weighted by atomic mass is 32.2. The number of carbonyl (C=O) groups is 4. The number of nitrogens with two attached hydrogens (primary N) is 1. The van der Waals surface area contributed by atoms with Crippen LogP contribution in [0.4, 0.5) is 0 Å². The summed E-state index contributed by atoms with van der Waals surface area (Å²) >= 11 is 1.47. The number of nitrogens with one attached hydrogen (secondary N) is 1. The highest BCUT2D eigenvalue weighted by molar-refractivity contribution is 8.03. The normalized spacial score (nSPS) is 34.2. The van der Waals surface area contributed by atoms with Gasteiger partial charge < -0.3 is 35.5 Å². The zero-order valence-electron chi connectivity index (χ0n) is 19.9. The van der Waals surface area contributed by atoms with Crippen LogP contribution < -0.4 is 11.1 Å². The summed E-state index contributed by atoms with van der Waals surface area (Å²) in [5, 5.41) is 13.2. The summed E-state index contributed by atoms with van der Waals surface area (Å²) in [5.41, 5.74) is 5.76. The lowest BCUT2D eigenvalue weighted by Crippen LogP contribution is -2.62. The Bertz CT molecular complexity index is 910. The molecular weight excluding hydrogens is 460 g/mol. The molecule has 7 atom stereocenters. The lowest BCUT2D eigenvalue weighted by atomic mass is 9.73. The molecule has 3 saturated heterocycles. The smallest absolute Gasteiger partial charge is 0.353 e. The Morgan fingerprint density at radius 2 is 2.09 bits per heavy atom. The molecule has 34 heavy (non-hydrogen) atoms. The van der Waals surface area contributed by atoms with Crippen LogP contribution in [-0.4, -0.2) is 94.7 Å². The number of aliphatic carboxylic acids is 1. The van der Waals surface area contributed by atoms with Gasteiger partial charge in [0, 0.05) is 48.7 Å². The SMILES string of the molecule is CC(=O)C[C@H](C)[C@H]1C(=O)N2C(C(=O)O)=C(SC3CNC(C(=O)N4CCOC(CN)C4)C3)[C@H](C)[C@@H]12. The van der Waals surface area contributed by atoms with Crippen LogP contribution in [0, 0.1) is 17.8 Å². The fourth-order valence-corrected chi connectivity index (χ4v) is 7.27. The Kier molecular flexibility index (Phi) is 7.37. The number of carbonyl (C=O) groups excluding carboxylic acids is 3. The van der Waals surface area contributed by atoms with E-state index < -0.39 is 5.97 Å². The Balaban J connectivity index is 1.43. The molecule has 0 aromatic carbocycles. The number of fused-ring (bicyclic) bond motifs is 1. The van der Waals surface area contributed by atoms with Gasteiger partial charge in [-0.15, -0.1) is 11.8 Å². The van der Waals surface area contributed by atoms with Gasteiger partial charge >= 0.3 is 5.97 Å². The zero-order chi connectivity index (χ0) is 24.7. The molecule has 11 heteroatoms. The Morgan fingerprint density at radius 1 is 1.35 bits per heavy atom. The topological polar surface area (TPSA) is 142 Å². The third-order valence-electron chi connectivity index (χ3n) is 7.41. The first-order valence-electron chi connectivity index (χ1n) is 11.9. The molecule has 10 nitrogen and oxygen atoms in total. The molecule has 2 amide bonds. The molecule has 3 unspecified atom stereocenters. The second-order valence-electron chi connectivity index (χ2n) is 9.86. The van der Waals surface area contributed by atoms with E-state index >= 15 is 0 Å². The number of carboxylic acids is 1.